The van der Waals surface area contributed by atoms with Crippen molar-refractivity contribution in [2.45, 2.75) is 33.1 Å². The maximum Gasteiger partial charge on any atom is 0.267 e. The van der Waals surface area contributed by atoms with Gasteiger partial charge in [-0.1, -0.05) is 43.9 Å². The molecular weight excluding hydrogens is 404 g/mol. The van der Waals surface area contributed by atoms with Crippen molar-refractivity contribution in [1.29, 1.82) is 0 Å². The molecule has 8 heteroatoms. The lowest BCUT2D eigenvalue weighted by Crippen LogP contribution is -2.36. The molecule has 4 heterocycles. The van der Waals surface area contributed by atoms with Crippen molar-refractivity contribution in [2.75, 3.05) is 24.5 Å². The van der Waals surface area contributed by atoms with Crippen molar-refractivity contribution < 1.29 is 4.79 Å². The van der Waals surface area contributed by atoms with Crippen molar-refractivity contribution >= 4 is 51.7 Å². The number of fused-ring (bicyclic) bond motifs is 1. The van der Waals surface area contributed by atoms with Crippen LogP contribution in [0, 0.1) is 5.92 Å². The number of nitrogens with zero attached hydrogens (tertiary/aromatic N) is 4. The molecule has 0 bridgehead atoms. The molecule has 0 unspecified atom stereocenters. The summed E-state index contributed by atoms with van der Waals surface area (Å²) in [7, 11) is 0. The Bertz CT molecular complexity index is 1050. The SMILES string of the molecule is CCCN1C(=O)/C(=C/c2c(N3CCC(C)CC3)nc3ccccn3c2=O)SC1=S. The van der Waals surface area contributed by atoms with Gasteiger partial charge in [0.25, 0.3) is 11.5 Å². The van der Waals surface area contributed by atoms with Gasteiger partial charge in [0.15, 0.2) is 0 Å². The van der Waals surface area contributed by atoms with Gasteiger partial charge < -0.3 is 4.90 Å². The predicted octanol–water partition coefficient (Wildman–Crippen LogP) is 3.54. The Morgan fingerprint density at radius 3 is 2.76 bits per heavy atom. The first-order valence-electron chi connectivity index (χ1n) is 10.0. The Balaban J connectivity index is 1.83. The predicted molar refractivity (Wildman–Crippen MR) is 122 cm³/mol. The fraction of sp³-hybridized carbons (Fsp3) is 0.429. The van der Waals surface area contributed by atoms with E-state index in [1.54, 1.807) is 17.2 Å². The summed E-state index contributed by atoms with van der Waals surface area (Å²) >= 11 is 6.64. The Hall–Kier alpha value is -2.19. The van der Waals surface area contributed by atoms with Crippen LogP contribution in [0.15, 0.2) is 34.1 Å². The molecule has 0 aromatic carbocycles. The molecule has 0 atom stereocenters. The van der Waals surface area contributed by atoms with Crippen LogP contribution in [-0.2, 0) is 4.79 Å². The maximum atomic E-state index is 13.3. The number of anilines is 1. The van der Waals surface area contributed by atoms with Crippen molar-refractivity contribution in [3.05, 3.63) is 45.2 Å². The van der Waals surface area contributed by atoms with Gasteiger partial charge in [0.05, 0.1) is 10.5 Å². The molecule has 2 saturated heterocycles. The van der Waals surface area contributed by atoms with E-state index in [4.69, 9.17) is 17.2 Å². The zero-order valence-corrected chi connectivity index (χ0v) is 18.3. The summed E-state index contributed by atoms with van der Waals surface area (Å²) in [5, 5.41) is 0. The van der Waals surface area contributed by atoms with E-state index in [1.807, 2.05) is 25.1 Å². The van der Waals surface area contributed by atoms with E-state index < -0.39 is 0 Å². The van der Waals surface area contributed by atoms with E-state index in [0.717, 1.165) is 32.4 Å². The van der Waals surface area contributed by atoms with Crippen LogP contribution in [0.3, 0.4) is 0 Å². The summed E-state index contributed by atoms with van der Waals surface area (Å²) in [6.07, 6.45) is 6.36. The molecular formula is C21H24N4O2S2. The third-order valence-electron chi connectivity index (χ3n) is 5.43. The lowest BCUT2D eigenvalue weighted by atomic mass is 9.99. The lowest BCUT2D eigenvalue weighted by Gasteiger charge is -2.32. The normalized spacial score (nSPS) is 19.7. The van der Waals surface area contributed by atoms with Crippen LogP contribution in [0.5, 0.6) is 0 Å². The van der Waals surface area contributed by atoms with Crippen LogP contribution in [-0.4, -0.2) is 44.1 Å². The van der Waals surface area contributed by atoms with Crippen molar-refractivity contribution in [3.63, 3.8) is 0 Å². The number of amides is 1. The van der Waals surface area contributed by atoms with Crippen LogP contribution in [0.25, 0.3) is 11.7 Å². The van der Waals surface area contributed by atoms with Gasteiger partial charge >= 0.3 is 0 Å². The number of thioether (sulfide) groups is 1. The fourth-order valence-corrected chi connectivity index (χ4v) is 5.02. The minimum Gasteiger partial charge on any atom is -0.356 e. The molecule has 4 rings (SSSR count). The number of carbonyl (C=O) groups excluding carboxylic acids is 1. The monoisotopic (exact) mass is 428 g/mol. The first kappa shape index (κ1) is 20.1. The molecule has 2 aromatic heterocycles. The Morgan fingerprint density at radius 1 is 1.28 bits per heavy atom. The molecule has 1 amide bonds. The van der Waals surface area contributed by atoms with Crippen LogP contribution < -0.4 is 10.5 Å². The smallest absolute Gasteiger partial charge is 0.267 e. The van der Waals surface area contributed by atoms with Crippen LogP contribution in [0.4, 0.5) is 5.82 Å². The quantitative estimate of drug-likeness (QED) is 0.548. The number of thiocarbonyl (C=S) groups is 1. The molecule has 152 valence electrons. The van der Waals surface area contributed by atoms with Gasteiger partial charge in [-0.05, 0) is 43.4 Å². The van der Waals surface area contributed by atoms with Crippen molar-refractivity contribution in [2.24, 2.45) is 5.92 Å². The highest BCUT2D eigenvalue weighted by Gasteiger charge is 2.32. The van der Waals surface area contributed by atoms with E-state index in [1.165, 1.54) is 16.2 Å². The largest absolute Gasteiger partial charge is 0.356 e. The topological polar surface area (TPSA) is 57.9 Å². The molecule has 6 nitrogen and oxygen atoms in total. The minimum atomic E-state index is -0.162. The van der Waals surface area contributed by atoms with Gasteiger partial charge in [-0.15, -0.1) is 0 Å². The number of hydrogen-bond donors (Lipinski definition) is 0. The van der Waals surface area contributed by atoms with Gasteiger partial charge in [0, 0.05) is 25.8 Å². The molecule has 0 saturated carbocycles. The fourth-order valence-electron chi connectivity index (χ4n) is 3.73. The summed E-state index contributed by atoms with van der Waals surface area (Å²) in [4.78, 5) is 35.2. The van der Waals surface area contributed by atoms with E-state index in [2.05, 4.69) is 11.8 Å². The average molecular weight is 429 g/mol. The van der Waals surface area contributed by atoms with Crippen LogP contribution >= 0.6 is 24.0 Å². The summed E-state index contributed by atoms with van der Waals surface area (Å²) < 4.78 is 2.08. The van der Waals surface area contributed by atoms with Crippen molar-refractivity contribution in [1.82, 2.24) is 14.3 Å². The standard InChI is InChI=1S/C21H24N4O2S2/c1-3-9-25-20(27)16(29-21(25)28)13-15-18(23-11-7-14(2)8-12-23)22-17-6-4-5-10-24(17)19(15)26/h4-6,10,13-14H,3,7-9,11-12H2,1-2H3/b16-13-. The lowest BCUT2D eigenvalue weighted by molar-refractivity contribution is -0.122. The van der Waals surface area contributed by atoms with E-state index in [-0.39, 0.29) is 11.5 Å². The van der Waals surface area contributed by atoms with E-state index in [9.17, 15) is 9.59 Å². The number of pyridine rings is 1. The van der Waals surface area contributed by atoms with Crippen LogP contribution in [0.2, 0.25) is 0 Å². The van der Waals surface area contributed by atoms with Gasteiger partial charge in [0.1, 0.15) is 15.8 Å². The average Bonchev–Trinajstić information content (AvgIpc) is 2.98. The van der Waals surface area contributed by atoms with Crippen LogP contribution in [0.1, 0.15) is 38.7 Å². The molecule has 29 heavy (non-hydrogen) atoms. The van der Waals surface area contributed by atoms with Gasteiger partial charge in [0.2, 0.25) is 0 Å². The second-order valence-electron chi connectivity index (χ2n) is 7.59. The first-order chi connectivity index (χ1) is 14.0. The molecule has 0 spiro atoms. The maximum absolute atomic E-state index is 13.3. The number of rotatable bonds is 4. The van der Waals surface area contributed by atoms with Gasteiger partial charge in [-0.2, -0.15) is 0 Å². The zero-order valence-electron chi connectivity index (χ0n) is 16.6. The Labute approximate surface area is 179 Å². The highest BCUT2D eigenvalue weighted by molar-refractivity contribution is 8.26. The molecule has 2 aliphatic heterocycles. The Morgan fingerprint density at radius 2 is 2.03 bits per heavy atom. The molecule has 0 radical (unpaired) electrons. The molecule has 0 aliphatic carbocycles. The zero-order chi connectivity index (χ0) is 20.5. The molecule has 2 fully saturated rings. The summed E-state index contributed by atoms with van der Waals surface area (Å²) in [6.45, 7) is 6.56. The molecule has 2 aliphatic rings. The number of aromatic nitrogens is 2. The van der Waals surface area contributed by atoms with E-state index in [0.29, 0.717) is 38.7 Å². The summed E-state index contributed by atoms with van der Waals surface area (Å²) in [5.41, 5.74) is 0.909. The first-order valence-corrected chi connectivity index (χ1v) is 11.2. The highest BCUT2D eigenvalue weighted by Crippen LogP contribution is 2.34. The molecule has 0 N–H and O–H groups in total. The van der Waals surface area contributed by atoms with E-state index >= 15 is 0 Å². The van der Waals surface area contributed by atoms with Crippen molar-refractivity contribution in [3.8, 4) is 0 Å². The highest BCUT2D eigenvalue weighted by atomic mass is 32.2. The van der Waals surface area contributed by atoms with Gasteiger partial charge in [-0.3, -0.25) is 18.9 Å². The third-order valence-corrected chi connectivity index (χ3v) is 6.81. The summed E-state index contributed by atoms with van der Waals surface area (Å²) in [6, 6.07) is 5.52. The second-order valence-corrected chi connectivity index (χ2v) is 9.26. The number of piperidine rings is 1. The Kier molecular flexibility index (Phi) is 5.74. The van der Waals surface area contributed by atoms with Gasteiger partial charge in [-0.25, -0.2) is 4.98 Å². The number of carbonyl (C=O) groups is 1. The second kappa shape index (κ2) is 8.28. The number of hydrogen-bond acceptors (Lipinski definition) is 6. The molecule has 2 aromatic rings. The summed E-state index contributed by atoms with van der Waals surface area (Å²) in [5.74, 6) is 1.20. The third kappa shape index (κ3) is 3.83. The minimum absolute atomic E-state index is 0.127.